The van der Waals surface area contributed by atoms with Crippen LogP contribution in [0.4, 0.5) is 17.1 Å². The van der Waals surface area contributed by atoms with Gasteiger partial charge in [0, 0.05) is 17.4 Å². The van der Waals surface area contributed by atoms with Crippen molar-refractivity contribution < 1.29 is 9.53 Å². The van der Waals surface area contributed by atoms with Crippen LogP contribution in [0.15, 0.2) is 48.5 Å². The normalized spacial score (nSPS) is 14.7. The zero-order valence-corrected chi connectivity index (χ0v) is 12.5. The summed E-state index contributed by atoms with van der Waals surface area (Å²) in [4.78, 5) is 14.5. The largest absolute Gasteiger partial charge is 0.489 e. The molecule has 0 aliphatic carbocycles. The third kappa shape index (κ3) is 2.83. The summed E-state index contributed by atoms with van der Waals surface area (Å²) < 4.78 is 5.63. The number of anilines is 3. The molecular weight excluding hydrogens is 278 g/mol. The van der Waals surface area contributed by atoms with Crippen molar-refractivity contribution in [3.8, 4) is 5.75 Å². The minimum atomic E-state index is -0.300. The number of ether oxygens (including phenoxy) is 1. The maximum absolute atomic E-state index is 12.5. The highest BCUT2D eigenvalue weighted by Crippen LogP contribution is 2.34. The molecule has 0 saturated heterocycles. The van der Waals surface area contributed by atoms with Crippen LogP contribution in [0.25, 0.3) is 0 Å². The van der Waals surface area contributed by atoms with E-state index in [-0.39, 0.29) is 11.9 Å². The molecule has 114 valence electrons. The molecule has 3 rings (SSSR count). The van der Waals surface area contributed by atoms with Gasteiger partial charge >= 0.3 is 0 Å². The van der Waals surface area contributed by atoms with Crippen molar-refractivity contribution in [1.82, 2.24) is 0 Å². The Bertz CT molecular complexity index is 673. The first-order valence-electron chi connectivity index (χ1n) is 7.30. The molecule has 5 nitrogen and oxygen atoms in total. The summed E-state index contributed by atoms with van der Waals surface area (Å²) in [6.07, 6.45) is 0. The first kappa shape index (κ1) is 14.3. The fourth-order valence-corrected chi connectivity index (χ4v) is 2.57. The van der Waals surface area contributed by atoms with Gasteiger partial charge in [0.25, 0.3) is 0 Å². The number of rotatable bonds is 3. The van der Waals surface area contributed by atoms with E-state index < -0.39 is 0 Å². The molecule has 1 unspecified atom stereocenters. The lowest BCUT2D eigenvalue weighted by Gasteiger charge is -2.35. The average Bonchev–Trinajstić information content (AvgIpc) is 2.54. The van der Waals surface area contributed by atoms with Gasteiger partial charge in [0.1, 0.15) is 18.4 Å². The van der Waals surface area contributed by atoms with Crippen molar-refractivity contribution in [3.63, 3.8) is 0 Å². The van der Waals surface area contributed by atoms with E-state index in [0.717, 1.165) is 17.1 Å². The van der Waals surface area contributed by atoms with Crippen molar-refractivity contribution in [2.45, 2.75) is 13.0 Å². The molecule has 2 aromatic rings. The molecule has 0 radical (unpaired) electrons. The Labute approximate surface area is 129 Å². The first-order chi connectivity index (χ1) is 10.6. The van der Waals surface area contributed by atoms with Gasteiger partial charge in [-0.1, -0.05) is 18.2 Å². The van der Waals surface area contributed by atoms with Crippen molar-refractivity contribution in [3.05, 3.63) is 48.5 Å². The molecule has 0 bridgehead atoms. The number of carbonyl (C=O) groups is 1. The SMILES string of the molecule is CC(C(=O)Nc1ccccc1)N1CCOc2cc(N)ccc21. The molecule has 0 aromatic heterocycles. The van der Waals surface area contributed by atoms with Crippen molar-refractivity contribution in [1.29, 1.82) is 0 Å². The van der Waals surface area contributed by atoms with Gasteiger partial charge in [-0.05, 0) is 31.2 Å². The van der Waals surface area contributed by atoms with Crippen LogP contribution in [0.5, 0.6) is 5.75 Å². The zero-order chi connectivity index (χ0) is 15.5. The molecule has 5 heteroatoms. The van der Waals surface area contributed by atoms with E-state index in [9.17, 15) is 4.79 Å². The lowest BCUT2D eigenvalue weighted by molar-refractivity contribution is -0.117. The zero-order valence-electron chi connectivity index (χ0n) is 12.5. The quantitative estimate of drug-likeness (QED) is 0.854. The lowest BCUT2D eigenvalue weighted by atomic mass is 10.1. The number of amides is 1. The molecule has 1 aliphatic rings. The number of hydrogen-bond donors (Lipinski definition) is 2. The summed E-state index contributed by atoms with van der Waals surface area (Å²) in [7, 11) is 0. The lowest BCUT2D eigenvalue weighted by Crippen LogP contribution is -2.46. The van der Waals surface area contributed by atoms with Gasteiger partial charge in [0.05, 0.1) is 12.2 Å². The molecule has 2 aromatic carbocycles. The second-order valence-electron chi connectivity index (χ2n) is 5.30. The van der Waals surface area contributed by atoms with Crippen LogP contribution in [0.3, 0.4) is 0 Å². The predicted molar refractivity (Wildman–Crippen MR) is 88.2 cm³/mol. The Morgan fingerprint density at radius 1 is 1.27 bits per heavy atom. The van der Waals surface area contributed by atoms with Crippen molar-refractivity contribution in [2.24, 2.45) is 0 Å². The maximum Gasteiger partial charge on any atom is 0.246 e. The second kappa shape index (κ2) is 5.97. The van der Waals surface area contributed by atoms with Gasteiger partial charge in [0.2, 0.25) is 5.91 Å². The molecule has 1 aliphatic heterocycles. The Hall–Kier alpha value is -2.69. The fourth-order valence-electron chi connectivity index (χ4n) is 2.57. The van der Waals surface area contributed by atoms with Gasteiger partial charge in [-0.2, -0.15) is 0 Å². The molecule has 22 heavy (non-hydrogen) atoms. The van der Waals surface area contributed by atoms with Crippen LogP contribution in [0, 0.1) is 0 Å². The van der Waals surface area contributed by atoms with Crippen LogP contribution in [-0.2, 0) is 4.79 Å². The van der Waals surface area contributed by atoms with Gasteiger partial charge in [-0.3, -0.25) is 4.79 Å². The smallest absolute Gasteiger partial charge is 0.246 e. The molecule has 1 amide bonds. The number of benzene rings is 2. The minimum absolute atomic E-state index is 0.0455. The average molecular weight is 297 g/mol. The highest BCUT2D eigenvalue weighted by molar-refractivity contribution is 5.97. The Morgan fingerprint density at radius 3 is 2.82 bits per heavy atom. The number of nitrogen functional groups attached to an aromatic ring is 1. The highest BCUT2D eigenvalue weighted by Gasteiger charge is 2.27. The Kier molecular flexibility index (Phi) is 3.87. The van der Waals surface area contributed by atoms with Gasteiger partial charge in [-0.15, -0.1) is 0 Å². The number of nitrogens with zero attached hydrogens (tertiary/aromatic N) is 1. The van der Waals surface area contributed by atoms with Crippen LogP contribution >= 0.6 is 0 Å². The van der Waals surface area contributed by atoms with Crippen molar-refractivity contribution >= 4 is 23.0 Å². The highest BCUT2D eigenvalue weighted by atomic mass is 16.5. The second-order valence-corrected chi connectivity index (χ2v) is 5.30. The van der Waals surface area contributed by atoms with Gasteiger partial charge < -0.3 is 20.7 Å². The third-order valence-electron chi connectivity index (χ3n) is 3.77. The third-order valence-corrected chi connectivity index (χ3v) is 3.77. The first-order valence-corrected chi connectivity index (χ1v) is 7.30. The Balaban J connectivity index is 1.78. The van der Waals surface area contributed by atoms with Crippen molar-refractivity contribution in [2.75, 3.05) is 29.1 Å². The molecule has 1 atom stereocenters. The summed E-state index contributed by atoms with van der Waals surface area (Å²) in [6, 6.07) is 14.7. The van der Waals surface area contributed by atoms with E-state index >= 15 is 0 Å². The number of nitrogens with two attached hydrogens (primary N) is 1. The van der Waals surface area contributed by atoms with Crippen LogP contribution in [0.1, 0.15) is 6.92 Å². The number of carbonyl (C=O) groups excluding carboxylic acids is 1. The molecule has 0 fully saturated rings. The molecular formula is C17H19N3O2. The van der Waals surface area contributed by atoms with E-state index in [1.165, 1.54) is 0 Å². The predicted octanol–water partition coefficient (Wildman–Crippen LogP) is 2.49. The fraction of sp³-hybridized carbons (Fsp3) is 0.235. The summed E-state index contributed by atoms with van der Waals surface area (Å²) in [5.41, 5.74) is 8.14. The topological polar surface area (TPSA) is 67.6 Å². The van der Waals surface area contributed by atoms with Crippen LogP contribution in [0.2, 0.25) is 0 Å². The maximum atomic E-state index is 12.5. The van der Waals surface area contributed by atoms with E-state index in [4.69, 9.17) is 10.5 Å². The molecule has 0 saturated carbocycles. The van der Waals surface area contributed by atoms with E-state index in [0.29, 0.717) is 18.8 Å². The summed E-state index contributed by atoms with van der Waals surface area (Å²) in [5.74, 6) is 0.682. The standard InChI is InChI=1S/C17H19N3O2/c1-12(17(21)19-14-5-3-2-4-6-14)20-9-10-22-16-11-13(18)7-8-15(16)20/h2-8,11-12H,9-10,18H2,1H3,(H,19,21). The van der Waals surface area contributed by atoms with Crippen LogP contribution in [-0.4, -0.2) is 25.1 Å². The number of fused-ring (bicyclic) bond motifs is 1. The van der Waals surface area contributed by atoms with E-state index in [1.807, 2.05) is 54.3 Å². The van der Waals surface area contributed by atoms with Crippen LogP contribution < -0.4 is 20.7 Å². The Morgan fingerprint density at radius 2 is 2.05 bits per heavy atom. The molecule has 3 N–H and O–H groups in total. The summed E-state index contributed by atoms with van der Waals surface area (Å²) in [6.45, 7) is 3.10. The number of hydrogen-bond acceptors (Lipinski definition) is 4. The number of para-hydroxylation sites is 1. The van der Waals surface area contributed by atoms with Gasteiger partial charge in [-0.25, -0.2) is 0 Å². The molecule has 0 spiro atoms. The van der Waals surface area contributed by atoms with Gasteiger partial charge in [0.15, 0.2) is 0 Å². The molecule has 1 heterocycles. The monoisotopic (exact) mass is 297 g/mol. The summed E-state index contributed by atoms with van der Waals surface area (Å²) >= 11 is 0. The summed E-state index contributed by atoms with van der Waals surface area (Å²) in [5, 5.41) is 2.94. The van der Waals surface area contributed by atoms with E-state index in [1.54, 1.807) is 6.07 Å². The minimum Gasteiger partial charge on any atom is -0.489 e. The number of nitrogens with one attached hydrogen (secondary N) is 1. The van der Waals surface area contributed by atoms with E-state index in [2.05, 4.69) is 5.32 Å².